The number of carbonyl (C=O) groups excluding carboxylic acids is 2. The number of ether oxygens (including phenoxy) is 3. The van der Waals surface area contributed by atoms with E-state index in [1.807, 2.05) is 6.07 Å². The van der Waals surface area contributed by atoms with Gasteiger partial charge in [0.2, 0.25) is 0 Å². The fourth-order valence-electron chi connectivity index (χ4n) is 10.5. The van der Waals surface area contributed by atoms with E-state index in [2.05, 4.69) is 68.3 Å². The molecule has 2 heterocycles. The summed E-state index contributed by atoms with van der Waals surface area (Å²) in [6.45, 7) is 5.51. The van der Waals surface area contributed by atoms with E-state index in [0.717, 1.165) is 70.8 Å². The molecule has 4 aliphatic rings. The van der Waals surface area contributed by atoms with Crippen LogP contribution in [0.1, 0.15) is 211 Å². The average Bonchev–Trinajstić information content (AvgIpc) is 3.59. The zero-order valence-electron chi connectivity index (χ0n) is 37.8. The van der Waals surface area contributed by atoms with Crippen molar-refractivity contribution in [2.45, 2.75) is 230 Å². The Labute approximate surface area is 360 Å². The molecule has 2 aliphatic carbocycles. The Morgan fingerprint density at radius 2 is 1.19 bits per heavy atom. The number of allylic oxidation sites excluding steroid dienone is 4. The second-order valence-electron chi connectivity index (χ2n) is 18.5. The molecule has 0 unspecified atom stereocenters. The lowest BCUT2D eigenvalue weighted by molar-refractivity contribution is -0.155. The normalized spacial score (nSPS) is 22.9. The lowest BCUT2D eigenvalue weighted by Gasteiger charge is -2.56. The molecule has 330 valence electrons. The van der Waals surface area contributed by atoms with Crippen molar-refractivity contribution in [1.29, 1.82) is 0 Å². The highest BCUT2D eigenvalue weighted by Crippen LogP contribution is 2.62. The van der Waals surface area contributed by atoms with Crippen LogP contribution in [0.5, 0.6) is 11.5 Å². The summed E-state index contributed by atoms with van der Waals surface area (Å²) in [4.78, 5) is 29.0. The lowest BCUT2D eigenvalue weighted by atomic mass is 9.53. The minimum absolute atomic E-state index is 0.140. The van der Waals surface area contributed by atoms with Gasteiger partial charge in [-0.15, -0.1) is 0 Å². The molecule has 6 heteroatoms. The van der Waals surface area contributed by atoms with Crippen LogP contribution in [0, 0.1) is 5.92 Å². The number of likely N-dealkylation sites (N-methyl/N-ethyl adjacent to an activating group) is 1. The summed E-state index contributed by atoms with van der Waals surface area (Å²) in [6, 6.07) is 4.47. The number of rotatable bonds is 32. The summed E-state index contributed by atoms with van der Waals surface area (Å²) in [5.74, 6) is 1.17. The van der Waals surface area contributed by atoms with Gasteiger partial charge in [0, 0.05) is 35.8 Å². The number of hydrogen-bond acceptors (Lipinski definition) is 6. The Morgan fingerprint density at radius 3 is 1.75 bits per heavy atom. The second-order valence-corrected chi connectivity index (χ2v) is 18.5. The molecule has 1 spiro atoms. The highest BCUT2D eigenvalue weighted by molar-refractivity contribution is 5.75. The molecule has 0 N–H and O–H groups in total. The first-order chi connectivity index (χ1) is 29.0. The van der Waals surface area contributed by atoms with Crippen LogP contribution in [0.4, 0.5) is 0 Å². The van der Waals surface area contributed by atoms with Crippen molar-refractivity contribution in [2.75, 3.05) is 13.6 Å². The van der Waals surface area contributed by atoms with Crippen molar-refractivity contribution in [1.82, 2.24) is 4.90 Å². The SMILES string of the molecule is CCCCCCCC/C=C\CCCCCCCC(=O)Oc1ccc2c3c1O[C@@H]1[C@@H](OC(=O)CCCCCCC/C=C\CCCCCCCC)C=C[C@H]4[C@@H](C2)N(C)CC[C@]314. The molecule has 2 aliphatic heterocycles. The highest BCUT2D eigenvalue weighted by Gasteiger charge is 2.65. The number of nitrogens with zero attached hydrogens (tertiary/aromatic N) is 1. The largest absolute Gasteiger partial charge is 0.481 e. The van der Waals surface area contributed by atoms with Crippen molar-refractivity contribution >= 4 is 11.9 Å². The quantitative estimate of drug-likeness (QED) is 0.0312. The minimum atomic E-state index is -0.455. The van der Waals surface area contributed by atoms with Crippen molar-refractivity contribution in [3.05, 3.63) is 59.7 Å². The van der Waals surface area contributed by atoms with Gasteiger partial charge in [-0.25, -0.2) is 0 Å². The molecule has 59 heavy (non-hydrogen) atoms. The molecule has 2 bridgehead atoms. The van der Waals surface area contributed by atoms with E-state index in [0.29, 0.717) is 30.4 Å². The van der Waals surface area contributed by atoms with Crippen LogP contribution in [0.3, 0.4) is 0 Å². The first kappa shape index (κ1) is 47.2. The Morgan fingerprint density at radius 1 is 0.678 bits per heavy atom. The van der Waals surface area contributed by atoms with E-state index in [4.69, 9.17) is 14.2 Å². The van der Waals surface area contributed by atoms with Gasteiger partial charge in [0.05, 0.1) is 0 Å². The lowest BCUT2D eigenvalue weighted by Crippen LogP contribution is -2.65. The standard InChI is InChI=1S/C53H83NO5/c1-4-6-8-10-12-14-16-18-20-22-24-26-28-30-32-34-48(55)57-46-38-36-43-42-45-44-37-39-47(52-53(44,40-41-54(45)3)50(43)51(46)59-52)58-49(56)35-33-31-29-27-25-23-21-19-17-15-13-11-9-7-5-2/h18-21,36-39,44-45,47,52H,4-17,22-35,40-42H2,1-3H3/b20-18-,21-19-/t44-,45+,47-,52+,53-/m0/s1. The van der Waals surface area contributed by atoms with Crippen LogP contribution in [-0.2, 0) is 26.2 Å². The van der Waals surface area contributed by atoms with Crippen molar-refractivity contribution in [3.8, 4) is 11.5 Å². The Balaban J connectivity index is 1.02. The number of hydrogen-bond donors (Lipinski definition) is 0. The molecule has 0 amide bonds. The predicted octanol–water partition coefficient (Wildman–Crippen LogP) is 14.0. The number of carbonyl (C=O) groups is 2. The monoisotopic (exact) mass is 814 g/mol. The van der Waals surface area contributed by atoms with Crippen LogP contribution < -0.4 is 9.47 Å². The molecule has 5 atom stereocenters. The minimum Gasteiger partial charge on any atom is -0.481 e. The van der Waals surface area contributed by atoms with Gasteiger partial charge in [0.1, 0.15) is 6.10 Å². The molecular weight excluding hydrogens is 731 g/mol. The Bertz CT molecular complexity index is 1480. The molecule has 1 aromatic carbocycles. The molecule has 1 saturated heterocycles. The molecule has 6 nitrogen and oxygen atoms in total. The summed E-state index contributed by atoms with van der Waals surface area (Å²) in [6.07, 6.45) is 47.8. The summed E-state index contributed by atoms with van der Waals surface area (Å²) in [7, 11) is 2.23. The van der Waals surface area contributed by atoms with Crippen molar-refractivity contribution in [2.24, 2.45) is 5.92 Å². The van der Waals surface area contributed by atoms with Crippen molar-refractivity contribution in [3.63, 3.8) is 0 Å². The molecular formula is C53H83NO5. The van der Waals surface area contributed by atoms with E-state index >= 15 is 0 Å². The summed E-state index contributed by atoms with van der Waals surface area (Å²) >= 11 is 0. The Kier molecular flexibility index (Phi) is 21.2. The van der Waals surface area contributed by atoms with Gasteiger partial charge in [0.15, 0.2) is 17.6 Å². The summed E-state index contributed by atoms with van der Waals surface area (Å²) < 4.78 is 19.2. The highest BCUT2D eigenvalue weighted by atomic mass is 16.6. The smallest absolute Gasteiger partial charge is 0.311 e. The average molecular weight is 814 g/mol. The fraction of sp³-hybridized carbons (Fsp3) is 0.736. The van der Waals surface area contributed by atoms with Crippen LogP contribution in [0.2, 0.25) is 0 Å². The molecule has 0 aromatic heterocycles. The zero-order valence-corrected chi connectivity index (χ0v) is 37.8. The van der Waals surface area contributed by atoms with E-state index in [-0.39, 0.29) is 29.4 Å². The number of likely N-dealkylation sites (tertiary alicyclic amines) is 1. The number of esters is 2. The maximum Gasteiger partial charge on any atom is 0.311 e. The van der Waals surface area contributed by atoms with Gasteiger partial charge in [-0.1, -0.05) is 153 Å². The zero-order chi connectivity index (χ0) is 41.5. The molecule has 1 aromatic rings. The fourth-order valence-corrected chi connectivity index (χ4v) is 10.5. The van der Waals surface area contributed by atoms with Gasteiger partial charge in [0.25, 0.3) is 0 Å². The number of piperidine rings is 1. The molecule has 1 fully saturated rings. The van der Waals surface area contributed by atoms with Gasteiger partial charge in [-0.3, -0.25) is 9.59 Å². The van der Waals surface area contributed by atoms with E-state index in [9.17, 15) is 9.59 Å². The summed E-state index contributed by atoms with van der Waals surface area (Å²) in [5, 5.41) is 0. The van der Waals surface area contributed by atoms with Gasteiger partial charge >= 0.3 is 11.9 Å². The van der Waals surface area contributed by atoms with E-state index in [1.165, 1.54) is 127 Å². The Hall–Kier alpha value is -2.86. The van der Waals surface area contributed by atoms with Crippen molar-refractivity contribution < 1.29 is 23.8 Å². The summed E-state index contributed by atoms with van der Waals surface area (Å²) in [5.41, 5.74) is 2.20. The first-order valence-corrected chi connectivity index (χ1v) is 24.9. The first-order valence-electron chi connectivity index (χ1n) is 24.9. The van der Waals surface area contributed by atoms with Gasteiger partial charge < -0.3 is 19.1 Å². The third kappa shape index (κ3) is 14.1. The van der Waals surface area contributed by atoms with Gasteiger partial charge in [-0.2, -0.15) is 0 Å². The maximum atomic E-state index is 13.3. The van der Waals surface area contributed by atoms with Crippen LogP contribution >= 0.6 is 0 Å². The van der Waals surface area contributed by atoms with Crippen LogP contribution in [0.25, 0.3) is 0 Å². The third-order valence-electron chi connectivity index (χ3n) is 13.9. The molecule has 0 radical (unpaired) electrons. The second kappa shape index (κ2) is 26.5. The van der Waals surface area contributed by atoms with E-state index in [1.54, 1.807) is 0 Å². The molecule has 0 saturated carbocycles. The topological polar surface area (TPSA) is 65.1 Å². The van der Waals surface area contributed by atoms with E-state index < -0.39 is 6.10 Å². The number of benzene rings is 1. The predicted molar refractivity (Wildman–Crippen MR) is 244 cm³/mol. The third-order valence-corrected chi connectivity index (χ3v) is 13.9. The number of unbranched alkanes of at least 4 members (excludes halogenated alkanes) is 22. The molecule has 5 rings (SSSR count). The van der Waals surface area contributed by atoms with Gasteiger partial charge in [-0.05, 0) is 108 Å². The maximum absolute atomic E-state index is 13.3. The van der Waals surface area contributed by atoms with Crippen LogP contribution in [0.15, 0.2) is 48.6 Å². The van der Waals surface area contributed by atoms with Crippen LogP contribution in [-0.4, -0.2) is 48.7 Å².